The second kappa shape index (κ2) is 11.2. The molecule has 2 amide bonds. The summed E-state index contributed by atoms with van der Waals surface area (Å²) in [5.74, 6) is -2.31. The van der Waals surface area contributed by atoms with Gasteiger partial charge in [-0.05, 0) is 31.9 Å². The first-order chi connectivity index (χ1) is 14.0. The zero-order valence-corrected chi connectivity index (χ0v) is 16.3. The highest BCUT2D eigenvalue weighted by atomic mass is 16.5. The molecule has 1 atom stereocenters. The van der Waals surface area contributed by atoms with Crippen molar-refractivity contribution in [3.8, 4) is 0 Å². The Balaban J connectivity index is 1.77. The molecule has 0 radical (unpaired) electrons. The largest absolute Gasteiger partial charge is 0.466 e. The molecule has 2 rings (SSSR count). The molecule has 1 aromatic carbocycles. The highest BCUT2D eigenvalue weighted by molar-refractivity contribution is 5.97. The number of hydrogen-bond donors (Lipinski definition) is 2. The Morgan fingerprint density at radius 2 is 1.79 bits per heavy atom. The topological polar surface area (TPSA) is 122 Å². The Labute approximate surface area is 169 Å². The van der Waals surface area contributed by atoms with Crippen LogP contribution >= 0.6 is 0 Å². The van der Waals surface area contributed by atoms with E-state index in [1.165, 1.54) is 4.90 Å². The molecule has 1 saturated heterocycles. The number of carbonyl (C=O) groups is 4. The normalized spacial score (nSPS) is 15.3. The van der Waals surface area contributed by atoms with Crippen LogP contribution in [0.15, 0.2) is 30.3 Å². The van der Waals surface area contributed by atoms with Gasteiger partial charge >= 0.3 is 11.9 Å². The van der Waals surface area contributed by atoms with Crippen LogP contribution in [0.3, 0.4) is 0 Å². The maximum Gasteiger partial charge on any atom is 0.331 e. The average Bonchev–Trinajstić information content (AvgIpc) is 2.76. The number of likely N-dealkylation sites (tertiary alicyclic amines) is 1. The number of piperidine rings is 1. The van der Waals surface area contributed by atoms with Crippen molar-refractivity contribution in [2.24, 2.45) is 5.92 Å². The smallest absolute Gasteiger partial charge is 0.331 e. The molecule has 0 aliphatic carbocycles. The molecule has 0 spiro atoms. The molecule has 0 aromatic heterocycles. The first kappa shape index (κ1) is 22.4. The van der Waals surface area contributed by atoms with Gasteiger partial charge in [0.25, 0.3) is 11.8 Å². The highest BCUT2D eigenvalue weighted by Gasteiger charge is 2.29. The lowest BCUT2D eigenvalue weighted by atomic mass is 9.97. The van der Waals surface area contributed by atoms with Crippen molar-refractivity contribution in [3.63, 3.8) is 0 Å². The first-order valence-corrected chi connectivity index (χ1v) is 9.54. The van der Waals surface area contributed by atoms with Crippen LogP contribution in [0, 0.1) is 5.92 Å². The van der Waals surface area contributed by atoms with E-state index in [1.54, 1.807) is 37.3 Å². The van der Waals surface area contributed by atoms with Crippen molar-refractivity contribution >= 4 is 23.8 Å². The fraction of sp³-hybridized carbons (Fsp3) is 0.500. The zero-order valence-electron chi connectivity index (χ0n) is 16.3. The second-order valence-corrected chi connectivity index (χ2v) is 6.59. The zero-order chi connectivity index (χ0) is 21.2. The summed E-state index contributed by atoms with van der Waals surface area (Å²) in [5, 5.41) is 11.8. The van der Waals surface area contributed by atoms with E-state index in [0.29, 0.717) is 38.1 Å². The molecule has 1 aromatic rings. The molecular weight excluding hydrogens is 380 g/mol. The van der Waals surface area contributed by atoms with E-state index in [4.69, 9.17) is 9.47 Å². The lowest BCUT2D eigenvalue weighted by Crippen LogP contribution is -2.46. The number of aliphatic hydroxyl groups excluding tert-OH is 1. The number of amides is 2. The molecule has 1 aliphatic heterocycles. The summed E-state index contributed by atoms with van der Waals surface area (Å²) in [5.41, 5.74) is 0.333. The van der Waals surface area contributed by atoms with Gasteiger partial charge in [0.05, 0.1) is 19.1 Å². The van der Waals surface area contributed by atoms with Crippen molar-refractivity contribution in [2.75, 3.05) is 32.9 Å². The minimum atomic E-state index is -1.27. The Bertz CT molecular complexity index is 715. The van der Waals surface area contributed by atoms with Gasteiger partial charge in [-0.15, -0.1) is 0 Å². The van der Waals surface area contributed by atoms with Gasteiger partial charge in [0.2, 0.25) is 0 Å². The van der Waals surface area contributed by atoms with E-state index in [-0.39, 0.29) is 11.9 Å². The Morgan fingerprint density at radius 1 is 1.14 bits per heavy atom. The van der Waals surface area contributed by atoms with Crippen LogP contribution in [0.25, 0.3) is 0 Å². The Morgan fingerprint density at radius 3 is 2.38 bits per heavy atom. The number of nitrogens with one attached hydrogen (secondary N) is 1. The number of nitrogens with zero attached hydrogens (tertiary/aromatic N) is 1. The van der Waals surface area contributed by atoms with Gasteiger partial charge in [0.15, 0.2) is 12.6 Å². The molecule has 9 nitrogen and oxygen atoms in total. The van der Waals surface area contributed by atoms with Crippen LogP contribution in [0.1, 0.15) is 30.1 Å². The van der Waals surface area contributed by atoms with Crippen LogP contribution in [0.2, 0.25) is 0 Å². The van der Waals surface area contributed by atoms with E-state index in [1.807, 2.05) is 0 Å². The lowest BCUT2D eigenvalue weighted by molar-refractivity contribution is -0.156. The number of ether oxygens (including phenoxy) is 2. The third kappa shape index (κ3) is 6.56. The van der Waals surface area contributed by atoms with Crippen molar-refractivity contribution in [3.05, 3.63) is 35.9 Å². The molecular formula is C20H26N2O7. The Kier molecular flexibility index (Phi) is 8.60. The minimum absolute atomic E-state index is 0.228. The summed E-state index contributed by atoms with van der Waals surface area (Å²) in [7, 11) is 0. The molecule has 0 bridgehead atoms. The predicted molar refractivity (Wildman–Crippen MR) is 102 cm³/mol. The van der Waals surface area contributed by atoms with E-state index >= 15 is 0 Å². The third-order valence-corrected chi connectivity index (χ3v) is 4.61. The third-order valence-electron chi connectivity index (χ3n) is 4.61. The summed E-state index contributed by atoms with van der Waals surface area (Å²) in [6.45, 7) is 1.65. The quantitative estimate of drug-likeness (QED) is 0.588. The SMILES string of the molecule is CCOC(=O)C1CCN(C(=O)COC(=O)C(CO)NC(=O)c2ccccc2)CC1. The molecule has 29 heavy (non-hydrogen) atoms. The number of aliphatic hydroxyl groups is 1. The molecule has 2 N–H and O–H groups in total. The van der Waals surface area contributed by atoms with Gasteiger partial charge in [-0.3, -0.25) is 14.4 Å². The molecule has 1 fully saturated rings. The maximum absolute atomic E-state index is 12.2. The average molecular weight is 406 g/mol. The van der Waals surface area contributed by atoms with Crippen molar-refractivity contribution in [1.29, 1.82) is 0 Å². The summed E-state index contributed by atoms with van der Waals surface area (Å²) >= 11 is 0. The number of hydrogen-bond acceptors (Lipinski definition) is 7. The summed E-state index contributed by atoms with van der Waals surface area (Å²) in [6.07, 6.45) is 0.982. The van der Waals surface area contributed by atoms with Gasteiger partial charge in [0, 0.05) is 18.7 Å². The fourth-order valence-electron chi connectivity index (χ4n) is 2.96. The van der Waals surface area contributed by atoms with Gasteiger partial charge in [-0.25, -0.2) is 4.79 Å². The fourth-order valence-corrected chi connectivity index (χ4v) is 2.96. The van der Waals surface area contributed by atoms with Gasteiger partial charge in [0.1, 0.15) is 0 Å². The maximum atomic E-state index is 12.2. The number of carbonyl (C=O) groups excluding carboxylic acids is 4. The first-order valence-electron chi connectivity index (χ1n) is 9.54. The van der Waals surface area contributed by atoms with E-state index in [0.717, 1.165) is 0 Å². The molecule has 9 heteroatoms. The van der Waals surface area contributed by atoms with E-state index in [9.17, 15) is 24.3 Å². The monoisotopic (exact) mass is 406 g/mol. The van der Waals surface area contributed by atoms with Crippen LogP contribution in [0.4, 0.5) is 0 Å². The number of benzene rings is 1. The number of esters is 2. The molecule has 1 aliphatic rings. The summed E-state index contributed by atoms with van der Waals surface area (Å²) in [6, 6.07) is 6.95. The van der Waals surface area contributed by atoms with Crippen LogP contribution in [-0.4, -0.2) is 72.7 Å². The Hall–Kier alpha value is -2.94. The second-order valence-electron chi connectivity index (χ2n) is 6.59. The molecule has 1 unspecified atom stereocenters. The lowest BCUT2D eigenvalue weighted by Gasteiger charge is -2.30. The van der Waals surface area contributed by atoms with Crippen LogP contribution in [-0.2, 0) is 23.9 Å². The predicted octanol–water partition coefficient (Wildman–Crippen LogP) is 0.122. The molecule has 1 heterocycles. The van der Waals surface area contributed by atoms with Crippen molar-refractivity contribution < 1.29 is 33.8 Å². The van der Waals surface area contributed by atoms with Crippen LogP contribution < -0.4 is 5.32 Å². The molecule has 158 valence electrons. The molecule has 0 saturated carbocycles. The summed E-state index contributed by atoms with van der Waals surface area (Å²) in [4.78, 5) is 49.7. The van der Waals surface area contributed by atoms with E-state index < -0.39 is 37.0 Å². The van der Waals surface area contributed by atoms with E-state index in [2.05, 4.69) is 5.32 Å². The summed E-state index contributed by atoms with van der Waals surface area (Å²) < 4.78 is 9.95. The standard InChI is InChI=1S/C20H26N2O7/c1-2-28-19(26)15-8-10-22(11-9-15)17(24)13-29-20(27)16(12-23)21-18(25)14-6-4-3-5-7-14/h3-7,15-16,23H,2,8-13H2,1H3,(H,21,25). The van der Waals surface area contributed by atoms with Crippen molar-refractivity contribution in [2.45, 2.75) is 25.8 Å². The van der Waals surface area contributed by atoms with Crippen molar-refractivity contribution in [1.82, 2.24) is 10.2 Å². The number of rotatable bonds is 8. The van der Waals surface area contributed by atoms with Gasteiger partial charge in [-0.1, -0.05) is 18.2 Å². The van der Waals surface area contributed by atoms with Gasteiger partial charge < -0.3 is 24.8 Å². The van der Waals surface area contributed by atoms with Gasteiger partial charge in [-0.2, -0.15) is 0 Å². The highest BCUT2D eigenvalue weighted by Crippen LogP contribution is 2.18. The minimum Gasteiger partial charge on any atom is -0.466 e. The van der Waals surface area contributed by atoms with Crippen LogP contribution in [0.5, 0.6) is 0 Å².